The first kappa shape index (κ1) is 15.6. The van der Waals surface area contributed by atoms with E-state index in [9.17, 15) is 19.2 Å². The molecule has 1 heterocycles. The SMILES string of the molecule is O=C(CCN1C(=O)c2ccccc2C1=O)N[C@@H](CO)C(=O)O. The molecule has 3 amide bonds. The topological polar surface area (TPSA) is 124 Å². The number of carbonyl (C=O) groups excluding carboxylic acids is 3. The number of aliphatic hydroxyl groups excluding tert-OH is 1. The maximum atomic E-state index is 12.0. The summed E-state index contributed by atoms with van der Waals surface area (Å²) in [6.07, 6.45) is -0.241. The van der Waals surface area contributed by atoms with Gasteiger partial charge in [-0.1, -0.05) is 12.1 Å². The van der Waals surface area contributed by atoms with E-state index in [0.29, 0.717) is 0 Å². The van der Waals surface area contributed by atoms with Gasteiger partial charge in [0, 0.05) is 13.0 Å². The van der Waals surface area contributed by atoms with E-state index in [1.807, 2.05) is 0 Å². The van der Waals surface area contributed by atoms with Gasteiger partial charge in [-0.3, -0.25) is 19.3 Å². The van der Waals surface area contributed by atoms with Gasteiger partial charge in [0.05, 0.1) is 17.7 Å². The number of amides is 3. The van der Waals surface area contributed by atoms with E-state index in [1.54, 1.807) is 12.1 Å². The maximum Gasteiger partial charge on any atom is 0.328 e. The monoisotopic (exact) mass is 306 g/mol. The molecule has 22 heavy (non-hydrogen) atoms. The Balaban J connectivity index is 1.96. The molecule has 0 saturated heterocycles. The number of aliphatic hydroxyl groups is 1. The molecule has 1 atom stereocenters. The summed E-state index contributed by atoms with van der Waals surface area (Å²) < 4.78 is 0. The zero-order valence-electron chi connectivity index (χ0n) is 11.5. The number of nitrogens with one attached hydrogen (secondary N) is 1. The van der Waals surface area contributed by atoms with Gasteiger partial charge in [0.2, 0.25) is 5.91 Å². The molecular formula is C14H14N2O6. The van der Waals surface area contributed by atoms with Crippen molar-refractivity contribution in [1.82, 2.24) is 10.2 Å². The number of carboxylic acid groups (broad SMARTS) is 1. The van der Waals surface area contributed by atoms with Crippen molar-refractivity contribution in [3.8, 4) is 0 Å². The standard InChI is InChI=1S/C14H14N2O6/c17-7-10(14(21)22)15-11(18)5-6-16-12(19)8-3-1-2-4-9(8)13(16)20/h1-4,10,17H,5-7H2,(H,15,18)(H,21,22)/t10-/m0/s1. The van der Waals surface area contributed by atoms with Crippen molar-refractivity contribution in [2.24, 2.45) is 0 Å². The first-order valence-corrected chi connectivity index (χ1v) is 6.54. The normalized spacial score (nSPS) is 14.7. The van der Waals surface area contributed by atoms with E-state index >= 15 is 0 Å². The lowest BCUT2D eigenvalue weighted by Crippen LogP contribution is -2.44. The summed E-state index contributed by atoms with van der Waals surface area (Å²) in [6.45, 7) is -0.899. The first-order chi connectivity index (χ1) is 10.5. The third-order valence-electron chi connectivity index (χ3n) is 3.26. The van der Waals surface area contributed by atoms with Gasteiger partial charge in [0.25, 0.3) is 11.8 Å². The Morgan fingerprint density at radius 3 is 2.14 bits per heavy atom. The van der Waals surface area contributed by atoms with Crippen LogP contribution in [0.4, 0.5) is 0 Å². The van der Waals surface area contributed by atoms with Crippen LogP contribution in [0.25, 0.3) is 0 Å². The van der Waals surface area contributed by atoms with Crippen molar-refractivity contribution in [3.05, 3.63) is 35.4 Å². The Kier molecular flexibility index (Phi) is 4.52. The summed E-state index contributed by atoms with van der Waals surface area (Å²) in [4.78, 5) is 47.3. The first-order valence-electron chi connectivity index (χ1n) is 6.54. The van der Waals surface area contributed by atoms with Gasteiger partial charge in [0.1, 0.15) is 6.04 Å². The van der Waals surface area contributed by atoms with Crippen LogP contribution in [0, 0.1) is 0 Å². The van der Waals surface area contributed by atoms with Crippen molar-refractivity contribution < 1.29 is 29.4 Å². The second-order valence-corrected chi connectivity index (χ2v) is 4.70. The van der Waals surface area contributed by atoms with Gasteiger partial charge in [-0.15, -0.1) is 0 Å². The van der Waals surface area contributed by atoms with E-state index < -0.39 is 36.3 Å². The number of carbonyl (C=O) groups is 4. The highest BCUT2D eigenvalue weighted by Gasteiger charge is 2.35. The lowest BCUT2D eigenvalue weighted by molar-refractivity contribution is -0.143. The maximum absolute atomic E-state index is 12.0. The molecule has 0 fully saturated rings. The molecule has 1 aliphatic rings. The zero-order chi connectivity index (χ0) is 16.3. The molecule has 0 spiro atoms. The molecule has 1 aromatic rings. The highest BCUT2D eigenvalue weighted by Crippen LogP contribution is 2.22. The summed E-state index contributed by atoms with van der Waals surface area (Å²) in [7, 11) is 0. The van der Waals surface area contributed by atoms with Gasteiger partial charge in [0.15, 0.2) is 0 Å². The highest BCUT2D eigenvalue weighted by atomic mass is 16.4. The van der Waals surface area contributed by atoms with Crippen molar-refractivity contribution >= 4 is 23.7 Å². The molecule has 1 aromatic carbocycles. The highest BCUT2D eigenvalue weighted by molar-refractivity contribution is 6.21. The van der Waals surface area contributed by atoms with Crippen LogP contribution >= 0.6 is 0 Å². The van der Waals surface area contributed by atoms with Crippen LogP contribution in [0.1, 0.15) is 27.1 Å². The number of imide groups is 1. The number of rotatable bonds is 6. The molecule has 8 heteroatoms. The molecule has 1 aliphatic heterocycles. The molecule has 0 saturated carbocycles. The minimum absolute atomic E-state index is 0.157. The largest absolute Gasteiger partial charge is 0.480 e. The molecule has 0 aromatic heterocycles. The fraction of sp³-hybridized carbons (Fsp3) is 0.286. The third kappa shape index (κ3) is 2.96. The summed E-state index contributed by atoms with van der Waals surface area (Å²) in [5.41, 5.74) is 0.568. The van der Waals surface area contributed by atoms with Crippen LogP contribution in [0.3, 0.4) is 0 Å². The molecule has 0 aliphatic carbocycles. The van der Waals surface area contributed by atoms with Gasteiger partial charge < -0.3 is 15.5 Å². The molecule has 8 nitrogen and oxygen atoms in total. The summed E-state index contributed by atoms with van der Waals surface area (Å²) in [6, 6.07) is 4.93. The quantitative estimate of drug-likeness (QED) is 0.593. The van der Waals surface area contributed by atoms with Gasteiger partial charge in [-0.05, 0) is 12.1 Å². The molecule has 2 rings (SSSR count). The fourth-order valence-corrected chi connectivity index (χ4v) is 2.11. The average molecular weight is 306 g/mol. The van der Waals surface area contributed by atoms with E-state index in [-0.39, 0.29) is 24.1 Å². The number of benzene rings is 1. The number of aliphatic carboxylic acids is 1. The van der Waals surface area contributed by atoms with Crippen LogP contribution in [0.5, 0.6) is 0 Å². The number of nitrogens with zero attached hydrogens (tertiary/aromatic N) is 1. The average Bonchev–Trinajstić information content (AvgIpc) is 2.74. The van der Waals surface area contributed by atoms with Crippen molar-refractivity contribution in [3.63, 3.8) is 0 Å². The van der Waals surface area contributed by atoms with Crippen LogP contribution in [0.15, 0.2) is 24.3 Å². The van der Waals surface area contributed by atoms with Crippen LogP contribution in [0.2, 0.25) is 0 Å². The Morgan fingerprint density at radius 2 is 1.68 bits per heavy atom. The molecular weight excluding hydrogens is 292 g/mol. The van der Waals surface area contributed by atoms with E-state index in [1.165, 1.54) is 12.1 Å². The number of fused-ring (bicyclic) bond motifs is 1. The van der Waals surface area contributed by atoms with Crippen LogP contribution < -0.4 is 5.32 Å². The Morgan fingerprint density at radius 1 is 1.14 bits per heavy atom. The Bertz CT molecular complexity index is 607. The van der Waals surface area contributed by atoms with Gasteiger partial charge in [-0.25, -0.2) is 4.79 Å². The Hall–Kier alpha value is -2.74. The number of hydrogen-bond acceptors (Lipinski definition) is 5. The summed E-state index contributed by atoms with van der Waals surface area (Å²) in [5.74, 6) is -3.00. The van der Waals surface area contributed by atoms with Gasteiger partial charge in [-0.2, -0.15) is 0 Å². The smallest absolute Gasteiger partial charge is 0.328 e. The van der Waals surface area contributed by atoms with Gasteiger partial charge >= 0.3 is 5.97 Å². The summed E-state index contributed by atoms with van der Waals surface area (Å²) >= 11 is 0. The number of hydrogen-bond donors (Lipinski definition) is 3. The summed E-state index contributed by atoms with van der Waals surface area (Å²) in [5, 5.41) is 19.6. The molecule has 3 N–H and O–H groups in total. The van der Waals surface area contributed by atoms with Crippen LogP contribution in [-0.2, 0) is 9.59 Å². The lowest BCUT2D eigenvalue weighted by atomic mass is 10.1. The zero-order valence-corrected chi connectivity index (χ0v) is 11.5. The van der Waals surface area contributed by atoms with E-state index in [4.69, 9.17) is 10.2 Å². The molecule has 0 radical (unpaired) electrons. The van der Waals surface area contributed by atoms with E-state index in [0.717, 1.165) is 4.90 Å². The van der Waals surface area contributed by atoms with Crippen molar-refractivity contribution in [2.45, 2.75) is 12.5 Å². The fourth-order valence-electron chi connectivity index (χ4n) is 2.11. The second kappa shape index (κ2) is 6.35. The lowest BCUT2D eigenvalue weighted by Gasteiger charge is -2.15. The minimum Gasteiger partial charge on any atom is -0.480 e. The minimum atomic E-state index is -1.41. The predicted molar refractivity (Wildman–Crippen MR) is 73.1 cm³/mol. The van der Waals surface area contributed by atoms with Crippen LogP contribution in [-0.4, -0.2) is 58.0 Å². The molecule has 116 valence electrons. The number of carboxylic acids is 1. The van der Waals surface area contributed by atoms with Crippen molar-refractivity contribution in [1.29, 1.82) is 0 Å². The Labute approximate surface area is 125 Å². The van der Waals surface area contributed by atoms with Crippen molar-refractivity contribution in [2.75, 3.05) is 13.2 Å². The molecule has 0 bridgehead atoms. The predicted octanol–water partition coefficient (Wildman–Crippen LogP) is -0.766. The second-order valence-electron chi connectivity index (χ2n) is 4.70. The van der Waals surface area contributed by atoms with E-state index in [2.05, 4.69) is 5.32 Å². The molecule has 0 unspecified atom stereocenters. The third-order valence-corrected chi connectivity index (χ3v) is 3.26.